The van der Waals surface area contributed by atoms with Crippen LogP contribution in [0.4, 0.5) is 11.4 Å². The number of carbonyl (C=O) groups is 2. The molecule has 0 fully saturated rings. The van der Waals surface area contributed by atoms with E-state index in [0.29, 0.717) is 22.5 Å². The van der Waals surface area contributed by atoms with E-state index in [2.05, 4.69) is 10.0 Å². The minimum atomic E-state index is -4.07. The van der Waals surface area contributed by atoms with Crippen LogP contribution in [-0.4, -0.2) is 35.8 Å². The van der Waals surface area contributed by atoms with Crippen molar-refractivity contribution in [1.29, 1.82) is 0 Å². The molecular formula is C31H34N4O6S. The molecule has 1 atom stereocenters. The van der Waals surface area contributed by atoms with Gasteiger partial charge in [-0.3, -0.25) is 19.0 Å². The molecule has 42 heavy (non-hydrogen) atoms. The van der Waals surface area contributed by atoms with E-state index in [1.165, 1.54) is 23.7 Å². The van der Waals surface area contributed by atoms with Crippen LogP contribution in [0.1, 0.15) is 45.2 Å². The fraction of sp³-hybridized carbons (Fsp3) is 0.258. The zero-order valence-electron chi connectivity index (χ0n) is 24.6. The summed E-state index contributed by atoms with van der Waals surface area (Å²) in [5.41, 5.74) is 3.57. The van der Waals surface area contributed by atoms with Gasteiger partial charge in [-0.25, -0.2) is 17.9 Å². The fourth-order valence-electron chi connectivity index (χ4n) is 4.74. The summed E-state index contributed by atoms with van der Waals surface area (Å²) in [5.74, 6) is -1.62. The molecule has 4 aromatic rings. The lowest BCUT2D eigenvalue weighted by Gasteiger charge is -2.18. The van der Waals surface area contributed by atoms with Gasteiger partial charge in [0.25, 0.3) is 21.5 Å². The number of ether oxygens (including phenoxy) is 1. The average molecular weight is 591 g/mol. The molecular weight excluding hydrogens is 556 g/mol. The number of benzene rings is 3. The lowest BCUT2D eigenvalue weighted by molar-refractivity contribution is -0.123. The Hall–Kier alpha value is -4.64. The predicted octanol–water partition coefficient (Wildman–Crippen LogP) is 4.70. The summed E-state index contributed by atoms with van der Waals surface area (Å²) < 4.78 is 38.0. The van der Waals surface area contributed by atoms with E-state index in [1.54, 1.807) is 68.9 Å². The summed E-state index contributed by atoms with van der Waals surface area (Å²) in [5, 5.41) is 2.58. The Morgan fingerprint density at radius 1 is 0.881 bits per heavy atom. The summed E-state index contributed by atoms with van der Waals surface area (Å²) in [4.78, 5) is 39.5. The van der Waals surface area contributed by atoms with Gasteiger partial charge in [-0.2, -0.15) is 0 Å². The fourth-order valence-corrected chi connectivity index (χ4v) is 6.44. The van der Waals surface area contributed by atoms with Gasteiger partial charge in [0, 0.05) is 7.05 Å². The molecule has 0 saturated heterocycles. The van der Waals surface area contributed by atoms with Crippen molar-refractivity contribution in [2.24, 2.45) is 7.05 Å². The summed E-state index contributed by atoms with van der Waals surface area (Å²) in [6.07, 6.45) is -1.30. The van der Waals surface area contributed by atoms with Gasteiger partial charge in [0.1, 0.15) is 5.69 Å². The van der Waals surface area contributed by atoms with Gasteiger partial charge in [-0.05, 0) is 88.1 Å². The van der Waals surface area contributed by atoms with Crippen LogP contribution in [0.25, 0.3) is 5.69 Å². The highest BCUT2D eigenvalue weighted by Gasteiger charge is 2.27. The lowest BCUT2D eigenvalue weighted by atomic mass is 10.0. The van der Waals surface area contributed by atoms with Crippen molar-refractivity contribution in [1.82, 2.24) is 9.36 Å². The van der Waals surface area contributed by atoms with Gasteiger partial charge in [-0.1, -0.05) is 36.4 Å². The Bertz CT molecular complexity index is 1830. The van der Waals surface area contributed by atoms with Gasteiger partial charge < -0.3 is 10.1 Å². The number of para-hydroxylation sites is 2. The van der Waals surface area contributed by atoms with Gasteiger partial charge >= 0.3 is 5.97 Å². The first-order chi connectivity index (χ1) is 19.7. The van der Waals surface area contributed by atoms with E-state index in [-0.39, 0.29) is 21.8 Å². The molecule has 11 heteroatoms. The second-order valence-electron chi connectivity index (χ2n) is 10.2. The number of aromatic nitrogens is 2. The highest BCUT2D eigenvalue weighted by molar-refractivity contribution is 7.92. The molecule has 0 bridgehead atoms. The highest BCUT2D eigenvalue weighted by Crippen LogP contribution is 2.29. The smallest absolute Gasteiger partial charge is 0.341 e. The first-order valence-corrected chi connectivity index (χ1v) is 14.8. The monoisotopic (exact) mass is 590 g/mol. The average Bonchev–Trinajstić information content (AvgIpc) is 3.15. The minimum Gasteiger partial charge on any atom is -0.449 e. The molecule has 0 saturated carbocycles. The number of aryl methyl sites for hydroxylation is 2. The Balaban J connectivity index is 1.55. The van der Waals surface area contributed by atoms with Gasteiger partial charge in [-0.15, -0.1) is 0 Å². The van der Waals surface area contributed by atoms with Crippen molar-refractivity contribution in [2.75, 3.05) is 10.0 Å². The Kier molecular flexibility index (Phi) is 8.44. The molecule has 1 unspecified atom stereocenters. The zero-order valence-corrected chi connectivity index (χ0v) is 25.4. The van der Waals surface area contributed by atoms with Crippen LogP contribution in [0.5, 0.6) is 0 Å². The quantitative estimate of drug-likeness (QED) is 0.286. The molecule has 3 aromatic carbocycles. The van der Waals surface area contributed by atoms with Crippen LogP contribution >= 0.6 is 0 Å². The third-order valence-electron chi connectivity index (χ3n) is 7.41. The molecule has 0 aliphatic rings. The number of nitrogens with one attached hydrogen (secondary N) is 2. The van der Waals surface area contributed by atoms with Crippen molar-refractivity contribution in [3.8, 4) is 5.69 Å². The van der Waals surface area contributed by atoms with Crippen LogP contribution in [0.15, 0.2) is 70.4 Å². The number of hydrogen-bond donors (Lipinski definition) is 2. The highest BCUT2D eigenvalue weighted by atomic mass is 32.2. The van der Waals surface area contributed by atoms with E-state index in [1.807, 2.05) is 26.0 Å². The molecule has 1 amide bonds. The summed E-state index contributed by atoms with van der Waals surface area (Å²) in [7, 11) is -2.38. The van der Waals surface area contributed by atoms with E-state index in [4.69, 9.17) is 4.74 Å². The van der Waals surface area contributed by atoms with Crippen LogP contribution in [0.3, 0.4) is 0 Å². The summed E-state index contributed by atoms with van der Waals surface area (Å²) >= 11 is 0. The maximum absolute atomic E-state index is 13.5. The Morgan fingerprint density at radius 2 is 1.45 bits per heavy atom. The van der Waals surface area contributed by atoms with E-state index in [9.17, 15) is 22.8 Å². The molecule has 220 valence electrons. The lowest BCUT2D eigenvalue weighted by Crippen LogP contribution is -2.32. The van der Waals surface area contributed by atoms with Crippen molar-refractivity contribution in [3.63, 3.8) is 0 Å². The van der Waals surface area contributed by atoms with Gasteiger partial charge in [0.15, 0.2) is 6.10 Å². The molecule has 10 nitrogen and oxygen atoms in total. The predicted molar refractivity (Wildman–Crippen MR) is 162 cm³/mol. The van der Waals surface area contributed by atoms with Crippen LogP contribution in [0.2, 0.25) is 0 Å². The van der Waals surface area contributed by atoms with Crippen LogP contribution < -0.4 is 15.6 Å². The van der Waals surface area contributed by atoms with Crippen molar-refractivity contribution < 1.29 is 22.7 Å². The first kappa shape index (κ1) is 30.3. The second-order valence-corrected chi connectivity index (χ2v) is 11.8. The number of sulfonamides is 1. The molecule has 0 aliphatic carbocycles. The van der Waals surface area contributed by atoms with Crippen molar-refractivity contribution >= 4 is 33.3 Å². The molecule has 1 aromatic heterocycles. The standard InChI is InChI=1S/C31H34N4O6S/c1-18-17-19(2)21(4)28(20(18)3)42(39,40)33-26-16-12-11-15-25(26)31(38)41-23(6)29(36)32-27-22(5)34(7)35(30(27)37)24-13-9-8-10-14-24/h8-17,23,33H,1-7H3,(H,32,36). The van der Waals surface area contributed by atoms with Crippen molar-refractivity contribution in [3.05, 3.63) is 105 Å². The maximum atomic E-state index is 13.5. The number of anilines is 2. The van der Waals surface area contributed by atoms with E-state index in [0.717, 1.165) is 11.1 Å². The molecule has 0 radical (unpaired) electrons. The van der Waals surface area contributed by atoms with Gasteiger partial charge in [0.2, 0.25) is 0 Å². The molecule has 0 spiro atoms. The zero-order chi connectivity index (χ0) is 30.9. The number of rotatable bonds is 8. The largest absolute Gasteiger partial charge is 0.449 e. The minimum absolute atomic E-state index is 0.0118. The Morgan fingerprint density at radius 3 is 2.07 bits per heavy atom. The number of carbonyl (C=O) groups excluding carboxylic acids is 2. The second kappa shape index (κ2) is 11.7. The molecule has 1 heterocycles. The van der Waals surface area contributed by atoms with Gasteiger partial charge in [0.05, 0.1) is 27.5 Å². The summed E-state index contributed by atoms with van der Waals surface area (Å²) in [6, 6.07) is 16.9. The summed E-state index contributed by atoms with van der Waals surface area (Å²) in [6.45, 7) is 10.2. The SMILES string of the molecule is Cc1cc(C)c(C)c(S(=O)(=O)Nc2ccccc2C(=O)OC(C)C(=O)Nc2c(C)n(C)n(-c3ccccc3)c2=O)c1C. The first-order valence-electron chi connectivity index (χ1n) is 13.3. The van der Waals surface area contributed by atoms with Crippen LogP contribution in [0, 0.1) is 34.6 Å². The van der Waals surface area contributed by atoms with E-state index >= 15 is 0 Å². The normalized spacial score (nSPS) is 12.1. The number of esters is 1. The third kappa shape index (κ3) is 5.73. The number of hydrogen-bond acceptors (Lipinski definition) is 6. The Labute approximate surface area is 245 Å². The molecule has 2 N–H and O–H groups in total. The van der Waals surface area contributed by atoms with Crippen molar-refractivity contribution in [2.45, 2.75) is 52.5 Å². The van der Waals surface area contributed by atoms with E-state index < -0.39 is 33.6 Å². The number of amides is 1. The molecule has 0 aliphatic heterocycles. The number of nitrogens with zero attached hydrogens (tertiary/aromatic N) is 2. The third-order valence-corrected chi connectivity index (χ3v) is 9.05. The topological polar surface area (TPSA) is 128 Å². The molecule has 4 rings (SSSR count). The van der Waals surface area contributed by atoms with Crippen LogP contribution in [-0.2, 0) is 26.6 Å². The maximum Gasteiger partial charge on any atom is 0.341 e.